The predicted octanol–water partition coefficient (Wildman–Crippen LogP) is 3.16. The van der Waals surface area contributed by atoms with E-state index in [1.807, 2.05) is 47.8 Å². The molecule has 5 heteroatoms. The lowest BCUT2D eigenvalue weighted by atomic mass is 10.1. The van der Waals surface area contributed by atoms with Gasteiger partial charge < -0.3 is 5.32 Å². The molecule has 1 fully saturated rings. The molecule has 19 heavy (non-hydrogen) atoms. The molecule has 2 unspecified atom stereocenters. The van der Waals surface area contributed by atoms with E-state index >= 15 is 0 Å². The Morgan fingerprint density at radius 3 is 2.58 bits per heavy atom. The quantitative estimate of drug-likeness (QED) is 0.897. The van der Waals surface area contributed by atoms with E-state index in [0.29, 0.717) is 6.42 Å². The van der Waals surface area contributed by atoms with Gasteiger partial charge in [0.05, 0.1) is 0 Å². The lowest BCUT2D eigenvalue weighted by molar-refractivity contribution is -0.174. The van der Waals surface area contributed by atoms with Gasteiger partial charge in [-0.25, -0.2) is 0 Å². The van der Waals surface area contributed by atoms with Crippen LogP contribution in [0.4, 0.5) is 13.2 Å². The third-order valence-electron chi connectivity index (χ3n) is 3.28. The molecule has 1 aliphatic carbocycles. The maximum absolute atomic E-state index is 12.2. The summed E-state index contributed by atoms with van der Waals surface area (Å²) in [6.45, 7) is 1.62. The minimum Gasteiger partial charge on any atom is -0.343 e. The summed E-state index contributed by atoms with van der Waals surface area (Å²) in [7, 11) is 0. The van der Waals surface area contributed by atoms with Gasteiger partial charge in [-0.2, -0.15) is 13.2 Å². The van der Waals surface area contributed by atoms with Crippen molar-refractivity contribution in [3.63, 3.8) is 0 Å². The zero-order chi connectivity index (χ0) is 14.1. The highest BCUT2D eigenvalue weighted by Crippen LogP contribution is 2.44. The van der Waals surface area contributed by atoms with E-state index in [9.17, 15) is 18.0 Å². The molecule has 1 N–H and O–H groups in total. The molecule has 2 nitrogen and oxygen atoms in total. The number of nitrogens with one attached hydrogen (secondary N) is 1. The Labute approximate surface area is 109 Å². The topological polar surface area (TPSA) is 29.1 Å². The molecule has 0 aliphatic heterocycles. The third-order valence-corrected chi connectivity index (χ3v) is 3.28. The van der Waals surface area contributed by atoms with Crippen LogP contribution in [0.25, 0.3) is 6.08 Å². The highest BCUT2D eigenvalue weighted by molar-refractivity contribution is 5.83. The highest BCUT2D eigenvalue weighted by atomic mass is 19.4. The summed E-state index contributed by atoms with van der Waals surface area (Å²) in [4.78, 5) is 10.9. The molecule has 1 saturated carbocycles. The Hall–Kier alpha value is -1.78. The fourth-order valence-corrected chi connectivity index (χ4v) is 1.94. The monoisotopic (exact) mass is 269 g/mol. The van der Waals surface area contributed by atoms with Crippen molar-refractivity contribution in [1.29, 1.82) is 0 Å². The molecule has 1 aliphatic rings. The first-order valence-electron chi connectivity index (χ1n) is 5.94. The number of rotatable bonds is 3. The van der Waals surface area contributed by atoms with Crippen molar-refractivity contribution in [3.05, 3.63) is 42.0 Å². The average Bonchev–Trinajstić information content (AvgIpc) is 2.97. The number of benzene rings is 1. The largest absolute Gasteiger partial charge is 0.471 e. The summed E-state index contributed by atoms with van der Waals surface area (Å²) in [5.74, 6) is -1.93. The predicted molar refractivity (Wildman–Crippen MR) is 66.2 cm³/mol. The van der Waals surface area contributed by atoms with Gasteiger partial charge in [0.2, 0.25) is 0 Å². The number of carbonyl (C=O) groups excluding carboxylic acids is 1. The van der Waals surface area contributed by atoms with Gasteiger partial charge in [0, 0.05) is 11.5 Å². The Balaban J connectivity index is 1.93. The number of amides is 1. The summed E-state index contributed by atoms with van der Waals surface area (Å²) in [6, 6.07) is 9.48. The van der Waals surface area contributed by atoms with E-state index in [1.54, 1.807) is 6.92 Å². The number of hydrogen-bond donors (Lipinski definition) is 1. The maximum atomic E-state index is 12.2. The molecule has 1 aromatic carbocycles. The van der Waals surface area contributed by atoms with E-state index in [2.05, 4.69) is 0 Å². The molecular weight excluding hydrogens is 255 g/mol. The summed E-state index contributed by atoms with van der Waals surface area (Å²) < 4.78 is 36.5. The third kappa shape index (κ3) is 3.36. The van der Waals surface area contributed by atoms with Gasteiger partial charge in [-0.1, -0.05) is 42.5 Å². The lowest BCUT2D eigenvalue weighted by Gasteiger charge is -2.14. The van der Waals surface area contributed by atoms with Gasteiger partial charge >= 0.3 is 12.1 Å². The SMILES string of the molecule is CC1(NC(=O)C(F)(F)F)CC1/C=C/c1ccccc1. The molecule has 2 atom stereocenters. The molecular formula is C14H14F3NO. The van der Waals surface area contributed by atoms with E-state index in [4.69, 9.17) is 0 Å². The van der Waals surface area contributed by atoms with Crippen LogP contribution in [0, 0.1) is 5.92 Å². The summed E-state index contributed by atoms with van der Waals surface area (Å²) >= 11 is 0. The van der Waals surface area contributed by atoms with Crippen molar-refractivity contribution in [1.82, 2.24) is 5.32 Å². The van der Waals surface area contributed by atoms with Crippen molar-refractivity contribution in [3.8, 4) is 0 Å². The van der Waals surface area contributed by atoms with E-state index in [0.717, 1.165) is 5.56 Å². The summed E-state index contributed by atoms with van der Waals surface area (Å²) in [5, 5.41) is 2.04. The van der Waals surface area contributed by atoms with Crippen molar-refractivity contribution in [2.24, 2.45) is 5.92 Å². The van der Waals surface area contributed by atoms with Crippen LogP contribution in [0.5, 0.6) is 0 Å². The minimum absolute atomic E-state index is 0.0565. The zero-order valence-corrected chi connectivity index (χ0v) is 10.4. The molecule has 0 spiro atoms. The average molecular weight is 269 g/mol. The first-order chi connectivity index (χ1) is 8.81. The van der Waals surface area contributed by atoms with Crippen LogP contribution in [-0.4, -0.2) is 17.6 Å². The summed E-state index contributed by atoms with van der Waals surface area (Å²) in [6.07, 6.45) is -0.598. The molecule has 102 valence electrons. The number of alkyl halides is 3. The van der Waals surface area contributed by atoms with Gasteiger partial charge in [-0.3, -0.25) is 4.79 Å². The maximum Gasteiger partial charge on any atom is 0.471 e. The highest BCUT2D eigenvalue weighted by Gasteiger charge is 2.53. The molecule has 0 bridgehead atoms. The second-order valence-corrected chi connectivity index (χ2v) is 4.95. The number of halogens is 3. The van der Waals surface area contributed by atoms with Crippen molar-refractivity contribution in [2.45, 2.75) is 25.1 Å². The fraction of sp³-hybridized carbons (Fsp3) is 0.357. The Bertz CT molecular complexity index is 495. The van der Waals surface area contributed by atoms with Crippen molar-refractivity contribution in [2.75, 3.05) is 0 Å². The molecule has 0 aromatic heterocycles. The second kappa shape index (κ2) is 4.72. The van der Waals surface area contributed by atoms with E-state index < -0.39 is 17.6 Å². The van der Waals surface area contributed by atoms with Crippen LogP contribution in [0.3, 0.4) is 0 Å². The molecule has 2 rings (SSSR count). The van der Waals surface area contributed by atoms with Gasteiger partial charge in [0.15, 0.2) is 0 Å². The van der Waals surface area contributed by atoms with Gasteiger partial charge in [-0.05, 0) is 18.9 Å². The van der Waals surface area contributed by atoms with Crippen LogP contribution in [-0.2, 0) is 4.79 Å². The minimum atomic E-state index is -4.82. The summed E-state index contributed by atoms with van der Waals surface area (Å²) in [5.41, 5.74) is 0.205. The lowest BCUT2D eigenvalue weighted by Crippen LogP contribution is -2.44. The van der Waals surface area contributed by atoms with Crippen molar-refractivity contribution < 1.29 is 18.0 Å². The van der Waals surface area contributed by atoms with Crippen LogP contribution >= 0.6 is 0 Å². The second-order valence-electron chi connectivity index (χ2n) is 4.95. The van der Waals surface area contributed by atoms with Gasteiger partial charge in [0.1, 0.15) is 0 Å². The Morgan fingerprint density at radius 1 is 1.37 bits per heavy atom. The van der Waals surface area contributed by atoms with Crippen LogP contribution in [0.15, 0.2) is 36.4 Å². The smallest absolute Gasteiger partial charge is 0.343 e. The molecule has 0 saturated heterocycles. The zero-order valence-electron chi connectivity index (χ0n) is 10.4. The van der Waals surface area contributed by atoms with Gasteiger partial charge in [-0.15, -0.1) is 0 Å². The number of carbonyl (C=O) groups is 1. The first kappa shape index (κ1) is 13.6. The van der Waals surface area contributed by atoms with Crippen LogP contribution in [0.2, 0.25) is 0 Å². The Kier molecular flexibility index (Phi) is 3.39. The number of hydrogen-bond acceptors (Lipinski definition) is 1. The Morgan fingerprint density at radius 2 is 2.00 bits per heavy atom. The van der Waals surface area contributed by atoms with Crippen molar-refractivity contribution >= 4 is 12.0 Å². The fourth-order valence-electron chi connectivity index (χ4n) is 1.94. The molecule has 1 amide bonds. The van der Waals surface area contributed by atoms with E-state index in [1.165, 1.54) is 0 Å². The first-order valence-corrected chi connectivity index (χ1v) is 5.94. The van der Waals surface area contributed by atoms with Gasteiger partial charge in [0.25, 0.3) is 0 Å². The molecule has 0 radical (unpaired) electrons. The molecule has 1 aromatic rings. The molecule has 0 heterocycles. The normalized spacial score (nSPS) is 26.4. The standard InChI is InChI=1S/C14H14F3NO/c1-13(18-12(19)14(15,16)17)9-11(13)8-7-10-5-3-2-4-6-10/h2-8,11H,9H2,1H3,(H,18,19)/b8-7+. The van der Waals surface area contributed by atoms with E-state index in [-0.39, 0.29) is 5.92 Å². The van der Waals surface area contributed by atoms with Crippen LogP contribution in [0.1, 0.15) is 18.9 Å². The van der Waals surface area contributed by atoms with Crippen LogP contribution < -0.4 is 5.32 Å².